The molecule has 2 heterocycles. The Balaban J connectivity index is 2.08. The third-order valence-electron chi connectivity index (χ3n) is 8.16. The summed E-state index contributed by atoms with van der Waals surface area (Å²) in [5.74, 6) is -0.296. The van der Waals surface area contributed by atoms with Crippen LogP contribution in [0.2, 0.25) is 0 Å². The van der Waals surface area contributed by atoms with Crippen molar-refractivity contribution in [3.8, 4) is 0 Å². The summed E-state index contributed by atoms with van der Waals surface area (Å²) in [4.78, 5) is 60.6. The number of aliphatic hydroxyl groups is 1. The van der Waals surface area contributed by atoms with E-state index in [2.05, 4.69) is 18.8 Å². The number of nitrogens with zero attached hydrogens (tertiary/aromatic N) is 2. The molecule has 45 heavy (non-hydrogen) atoms. The number of hydrogen-bond donors (Lipinski definition) is 4. The first-order valence-corrected chi connectivity index (χ1v) is 18.3. The van der Waals surface area contributed by atoms with Crippen LogP contribution in [0, 0.1) is 0 Å². The molecule has 4 N–H and O–H groups in total. The molecule has 1 aliphatic rings. The van der Waals surface area contributed by atoms with E-state index in [4.69, 9.17) is 14.0 Å². The summed E-state index contributed by atoms with van der Waals surface area (Å²) in [6, 6.07) is 1.08. The van der Waals surface area contributed by atoms with E-state index in [1.54, 1.807) is 4.90 Å². The minimum Gasteiger partial charge on any atom is -0.394 e. The minimum atomic E-state index is -5.08. The Morgan fingerprint density at radius 1 is 0.889 bits per heavy atom. The first-order chi connectivity index (χ1) is 21.6. The lowest BCUT2D eigenvalue weighted by Gasteiger charge is -2.27. The van der Waals surface area contributed by atoms with Gasteiger partial charge in [-0.25, -0.2) is 9.36 Å². The number of nitrogens with one attached hydrogen (secondary N) is 1. The predicted molar refractivity (Wildman–Crippen MR) is 171 cm³/mol. The second-order valence-corrected chi connectivity index (χ2v) is 13.1. The molecule has 0 saturated carbocycles. The lowest BCUT2D eigenvalue weighted by Crippen LogP contribution is -2.43. The lowest BCUT2D eigenvalue weighted by molar-refractivity contribution is -0.143. The summed E-state index contributed by atoms with van der Waals surface area (Å²) >= 11 is 0. The van der Waals surface area contributed by atoms with E-state index in [9.17, 15) is 33.8 Å². The number of carbonyl (C=O) groups is 1. The topological polar surface area (TPSA) is 181 Å². The summed E-state index contributed by atoms with van der Waals surface area (Å²) in [6.45, 7) is 4.38. The second-order valence-electron chi connectivity index (χ2n) is 11.9. The Morgan fingerprint density at radius 3 is 1.87 bits per heavy atom. The van der Waals surface area contributed by atoms with E-state index in [1.165, 1.54) is 64.2 Å². The van der Waals surface area contributed by atoms with Crippen molar-refractivity contribution in [1.29, 1.82) is 0 Å². The summed E-state index contributed by atoms with van der Waals surface area (Å²) in [6.07, 6.45) is 13.9. The Bertz CT molecular complexity index is 1100. The monoisotopic (exact) mass is 661 g/mol. The Hall–Kier alpha value is -1.86. The molecule has 0 radical (unpaired) electrons. The fourth-order valence-corrected chi connectivity index (χ4v) is 6.24. The van der Waals surface area contributed by atoms with Gasteiger partial charge in [-0.15, -0.1) is 0 Å². The van der Waals surface area contributed by atoms with Crippen molar-refractivity contribution in [3.63, 3.8) is 0 Å². The van der Waals surface area contributed by atoms with Gasteiger partial charge in [-0.3, -0.25) is 23.7 Å². The standard InChI is InChI=1S/C31H56N3O10P/c1-3-5-7-9-11-13-15-17-20-33(21-18-16-14-12-10-8-6-4-2)27(37)24-42-29-28(44-45(39,40)41)25(23-35)43-30(29)34-22-19-26(36)32-31(34)38/h19,22,25,28-30,35H,3-18,20-21,23-24H2,1-2H3,(H,32,36,38)(H2,39,40,41)/t25-,28-,29-,30-/m1/s1. The van der Waals surface area contributed by atoms with Crippen LogP contribution < -0.4 is 11.2 Å². The van der Waals surface area contributed by atoms with Crippen molar-refractivity contribution < 1.29 is 38.3 Å². The van der Waals surface area contributed by atoms with Crippen LogP contribution in [0.5, 0.6) is 0 Å². The third-order valence-corrected chi connectivity index (χ3v) is 8.68. The maximum Gasteiger partial charge on any atom is 0.470 e. The molecule has 2 rings (SSSR count). The number of aromatic amines is 1. The molecule has 13 nitrogen and oxygen atoms in total. The number of unbranched alkanes of at least 4 members (excludes halogenated alkanes) is 14. The van der Waals surface area contributed by atoms with Crippen LogP contribution >= 0.6 is 7.82 Å². The van der Waals surface area contributed by atoms with Gasteiger partial charge in [0.1, 0.15) is 24.9 Å². The van der Waals surface area contributed by atoms with E-state index >= 15 is 0 Å². The highest BCUT2D eigenvalue weighted by Crippen LogP contribution is 2.44. The number of aromatic nitrogens is 2. The Labute approximate surface area is 266 Å². The molecule has 1 amide bonds. The highest BCUT2D eigenvalue weighted by atomic mass is 31.2. The molecule has 1 aromatic rings. The molecule has 0 aliphatic carbocycles. The maximum absolute atomic E-state index is 13.5. The average Bonchev–Trinajstić information content (AvgIpc) is 3.32. The fourth-order valence-electron chi connectivity index (χ4n) is 5.66. The van der Waals surface area contributed by atoms with Gasteiger partial charge in [0.05, 0.1) is 6.61 Å². The molecule has 0 spiro atoms. The molecule has 4 atom stereocenters. The van der Waals surface area contributed by atoms with Crippen LogP contribution in [0.25, 0.3) is 0 Å². The van der Waals surface area contributed by atoms with Gasteiger partial charge in [-0.1, -0.05) is 104 Å². The van der Waals surface area contributed by atoms with E-state index < -0.39 is 56.8 Å². The number of carbonyl (C=O) groups excluding carboxylic acids is 1. The smallest absolute Gasteiger partial charge is 0.394 e. The first-order valence-electron chi connectivity index (χ1n) is 16.8. The van der Waals surface area contributed by atoms with Gasteiger partial charge >= 0.3 is 13.5 Å². The van der Waals surface area contributed by atoms with Crippen LogP contribution in [0.3, 0.4) is 0 Å². The van der Waals surface area contributed by atoms with Crippen LogP contribution in [-0.2, 0) is 23.4 Å². The SMILES string of the molecule is CCCCCCCCCCN(CCCCCCCCCC)C(=O)CO[C@@H]1[C@H](OP(=O)(O)O)[C@@H](CO)O[C@H]1n1ccc(=O)[nH]c1=O. The highest BCUT2D eigenvalue weighted by Gasteiger charge is 2.50. The summed E-state index contributed by atoms with van der Waals surface area (Å²) in [7, 11) is -5.08. The Kier molecular flexibility index (Phi) is 19.1. The van der Waals surface area contributed by atoms with Crippen LogP contribution in [0.4, 0.5) is 0 Å². The number of phosphoric acid groups is 1. The van der Waals surface area contributed by atoms with Crippen molar-refractivity contribution >= 4 is 13.7 Å². The molecular weight excluding hydrogens is 605 g/mol. The van der Waals surface area contributed by atoms with Crippen molar-refractivity contribution in [2.45, 2.75) is 141 Å². The normalized spacial score (nSPS) is 20.1. The molecular formula is C31H56N3O10P. The van der Waals surface area contributed by atoms with Gasteiger partial charge in [0.2, 0.25) is 5.91 Å². The number of aliphatic hydroxyl groups excluding tert-OH is 1. The molecule has 0 aromatic carbocycles. The maximum atomic E-state index is 13.5. The van der Waals surface area contributed by atoms with E-state index in [-0.39, 0.29) is 5.91 Å². The van der Waals surface area contributed by atoms with Gasteiger partial charge in [0.25, 0.3) is 5.56 Å². The van der Waals surface area contributed by atoms with Gasteiger partial charge in [0.15, 0.2) is 6.23 Å². The quantitative estimate of drug-likeness (QED) is 0.0866. The molecule has 1 fully saturated rings. The van der Waals surface area contributed by atoms with Crippen LogP contribution in [-0.4, -0.2) is 79.9 Å². The zero-order valence-electron chi connectivity index (χ0n) is 27.1. The predicted octanol–water partition coefficient (Wildman–Crippen LogP) is 4.40. The van der Waals surface area contributed by atoms with E-state index in [1.807, 2.05) is 0 Å². The summed E-state index contributed by atoms with van der Waals surface area (Å²) in [5.41, 5.74) is -1.51. The van der Waals surface area contributed by atoms with Crippen molar-refractivity contribution in [3.05, 3.63) is 33.1 Å². The lowest BCUT2D eigenvalue weighted by atomic mass is 10.1. The molecule has 1 aromatic heterocycles. The zero-order valence-corrected chi connectivity index (χ0v) is 28.0. The van der Waals surface area contributed by atoms with E-state index in [0.29, 0.717) is 13.1 Å². The molecule has 0 unspecified atom stereocenters. The molecule has 1 aliphatic heterocycles. The van der Waals surface area contributed by atoms with Gasteiger partial charge in [-0.2, -0.15) is 0 Å². The first kappa shape index (κ1) is 39.3. The largest absolute Gasteiger partial charge is 0.470 e. The van der Waals surface area contributed by atoms with Gasteiger partial charge in [0, 0.05) is 25.4 Å². The molecule has 14 heteroatoms. The fraction of sp³-hybridized carbons (Fsp3) is 0.839. The molecule has 260 valence electrons. The summed E-state index contributed by atoms with van der Waals surface area (Å²) in [5, 5.41) is 9.86. The number of H-pyrrole nitrogens is 1. The van der Waals surface area contributed by atoms with Gasteiger partial charge in [-0.05, 0) is 12.8 Å². The number of phosphoric ester groups is 1. The summed E-state index contributed by atoms with van der Waals surface area (Å²) < 4.78 is 29.3. The Morgan fingerprint density at radius 2 is 1.40 bits per heavy atom. The zero-order chi connectivity index (χ0) is 33.1. The number of amides is 1. The molecule has 1 saturated heterocycles. The highest BCUT2D eigenvalue weighted by molar-refractivity contribution is 7.46. The number of ether oxygens (including phenoxy) is 2. The van der Waals surface area contributed by atoms with Gasteiger partial charge < -0.3 is 29.3 Å². The van der Waals surface area contributed by atoms with Crippen molar-refractivity contribution in [2.24, 2.45) is 0 Å². The van der Waals surface area contributed by atoms with Crippen LogP contribution in [0.1, 0.15) is 123 Å². The number of rotatable bonds is 25. The van der Waals surface area contributed by atoms with Crippen molar-refractivity contribution in [1.82, 2.24) is 14.5 Å². The van der Waals surface area contributed by atoms with Crippen molar-refractivity contribution in [2.75, 3.05) is 26.3 Å². The number of hydrogen-bond acceptors (Lipinski definition) is 8. The third kappa shape index (κ3) is 15.1. The average molecular weight is 662 g/mol. The van der Waals surface area contributed by atoms with E-state index in [0.717, 1.165) is 55.4 Å². The van der Waals surface area contributed by atoms with Crippen LogP contribution in [0.15, 0.2) is 21.9 Å². The minimum absolute atomic E-state index is 0.296. The second kappa shape index (κ2) is 21.8. The molecule has 0 bridgehead atoms.